The molecular formula is C28H32N2O4. The number of carbonyl (C=O) groups excluding carboxylic acids is 2. The Hall–Kier alpha value is -3.80. The molecule has 0 unspecified atom stereocenters. The average molecular weight is 461 g/mol. The normalized spacial score (nSPS) is 10.8. The Morgan fingerprint density at radius 1 is 0.618 bits per heavy atom. The molecule has 3 aromatic rings. The number of rotatable bonds is 10. The van der Waals surface area contributed by atoms with Crippen LogP contribution in [0.2, 0.25) is 0 Å². The monoisotopic (exact) mass is 460 g/mol. The summed E-state index contributed by atoms with van der Waals surface area (Å²) in [5, 5.41) is 5.78. The van der Waals surface area contributed by atoms with Gasteiger partial charge in [0.05, 0.1) is 24.6 Å². The molecule has 2 amide bonds. The second-order valence-electron chi connectivity index (χ2n) is 8.89. The van der Waals surface area contributed by atoms with Crippen molar-refractivity contribution in [3.63, 3.8) is 0 Å². The van der Waals surface area contributed by atoms with Crippen LogP contribution in [0.1, 0.15) is 48.4 Å². The van der Waals surface area contributed by atoms with Crippen LogP contribution in [0.3, 0.4) is 0 Å². The van der Waals surface area contributed by atoms with Crippen molar-refractivity contribution in [2.75, 3.05) is 23.8 Å². The van der Waals surface area contributed by atoms with Gasteiger partial charge in [0, 0.05) is 11.1 Å². The number of carbonyl (C=O) groups is 2. The molecule has 0 radical (unpaired) electrons. The van der Waals surface area contributed by atoms with Crippen LogP contribution >= 0.6 is 0 Å². The van der Waals surface area contributed by atoms with E-state index in [9.17, 15) is 9.59 Å². The zero-order valence-corrected chi connectivity index (χ0v) is 20.1. The zero-order valence-electron chi connectivity index (χ0n) is 20.1. The maximum Gasteiger partial charge on any atom is 0.255 e. The van der Waals surface area contributed by atoms with E-state index in [0.717, 1.165) is 0 Å². The molecule has 0 atom stereocenters. The van der Waals surface area contributed by atoms with Crippen LogP contribution in [-0.4, -0.2) is 25.0 Å². The lowest BCUT2D eigenvalue weighted by molar-refractivity contribution is 0.101. The lowest BCUT2D eigenvalue weighted by Crippen LogP contribution is -2.16. The number of para-hydroxylation sites is 4. The second-order valence-corrected chi connectivity index (χ2v) is 8.89. The molecule has 0 heterocycles. The molecule has 6 heteroatoms. The van der Waals surface area contributed by atoms with Gasteiger partial charge in [0.2, 0.25) is 0 Å². The van der Waals surface area contributed by atoms with Crippen molar-refractivity contribution in [2.24, 2.45) is 11.8 Å². The number of amides is 2. The van der Waals surface area contributed by atoms with Crippen molar-refractivity contribution in [2.45, 2.75) is 27.7 Å². The van der Waals surface area contributed by atoms with Crippen LogP contribution < -0.4 is 20.1 Å². The number of ether oxygens (including phenoxy) is 2. The van der Waals surface area contributed by atoms with E-state index in [0.29, 0.717) is 59.1 Å². The third kappa shape index (κ3) is 7.10. The Labute approximate surface area is 201 Å². The molecule has 0 fully saturated rings. The summed E-state index contributed by atoms with van der Waals surface area (Å²) in [6.07, 6.45) is 0. The highest BCUT2D eigenvalue weighted by Crippen LogP contribution is 2.26. The molecule has 0 aromatic heterocycles. The topological polar surface area (TPSA) is 76.7 Å². The van der Waals surface area contributed by atoms with Crippen LogP contribution in [-0.2, 0) is 0 Å². The number of hydrogen-bond acceptors (Lipinski definition) is 4. The summed E-state index contributed by atoms with van der Waals surface area (Å²) in [6.45, 7) is 9.38. The molecular weight excluding hydrogens is 428 g/mol. The SMILES string of the molecule is CC(C)COc1ccccc1NC(=O)c1ccc(C(=O)Nc2ccccc2OCC(C)C)cc1. The Kier molecular flexibility index (Phi) is 8.68. The molecule has 0 saturated heterocycles. The van der Waals surface area contributed by atoms with E-state index in [1.54, 1.807) is 36.4 Å². The molecule has 178 valence electrons. The van der Waals surface area contributed by atoms with E-state index in [2.05, 4.69) is 38.3 Å². The van der Waals surface area contributed by atoms with Gasteiger partial charge in [-0.15, -0.1) is 0 Å². The van der Waals surface area contributed by atoms with Gasteiger partial charge in [-0.2, -0.15) is 0 Å². The Balaban J connectivity index is 1.66. The molecule has 34 heavy (non-hydrogen) atoms. The number of benzene rings is 3. The lowest BCUT2D eigenvalue weighted by Gasteiger charge is -2.14. The first-order chi connectivity index (χ1) is 16.3. The summed E-state index contributed by atoms with van der Waals surface area (Å²) < 4.78 is 11.6. The molecule has 2 N–H and O–H groups in total. The number of nitrogens with one attached hydrogen (secondary N) is 2. The summed E-state index contributed by atoms with van der Waals surface area (Å²) in [7, 11) is 0. The fourth-order valence-electron chi connectivity index (χ4n) is 3.07. The highest BCUT2D eigenvalue weighted by molar-refractivity contribution is 6.07. The first-order valence-corrected chi connectivity index (χ1v) is 11.5. The van der Waals surface area contributed by atoms with E-state index in [-0.39, 0.29) is 11.8 Å². The molecule has 0 aliphatic heterocycles. The minimum Gasteiger partial charge on any atom is -0.491 e. The summed E-state index contributed by atoms with van der Waals surface area (Å²) in [5.41, 5.74) is 2.09. The van der Waals surface area contributed by atoms with Gasteiger partial charge in [0.25, 0.3) is 11.8 Å². The lowest BCUT2D eigenvalue weighted by atomic mass is 10.1. The molecule has 3 aromatic carbocycles. The summed E-state index contributed by atoms with van der Waals surface area (Å²) in [5.74, 6) is 1.44. The smallest absolute Gasteiger partial charge is 0.255 e. The molecule has 0 saturated carbocycles. The van der Waals surface area contributed by atoms with Crippen LogP contribution in [0.15, 0.2) is 72.8 Å². The van der Waals surface area contributed by atoms with Crippen molar-refractivity contribution in [1.82, 2.24) is 0 Å². The van der Waals surface area contributed by atoms with Crippen molar-refractivity contribution in [3.05, 3.63) is 83.9 Å². The van der Waals surface area contributed by atoms with Crippen LogP contribution in [0.4, 0.5) is 11.4 Å². The minimum absolute atomic E-state index is 0.278. The fourth-order valence-corrected chi connectivity index (χ4v) is 3.07. The number of hydrogen-bond donors (Lipinski definition) is 2. The van der Waals surface area contributed by atoms with Crippen LogP contribution in [0, 0.1) is 11.8 Å². The van der Waals surface area contributed by atoms with Gasteiger partial charge >= 0.3 is 0 Å². The van der Waals surface area contributed by atoms with Gasteiger partial charge in [0.1, 0.15) is 11.5 Å². The summed E-state index contributed by atoms with van der Waals surface area (Å²) >= 11 is 0. The van der Waals surface area contributed by atoms with Crippen molar-refractivity contribution < 1.29 is 19.1 Å². The van der Waals surface area contributed by atoms with Crippen LogP contribution in [0.5, 0.6) is 11.5 Å². The van der Waals surface area contributed by atoms with Gasteiger partial charge < -0.3 is 20.1 Å². The third-order valence-corrected chi connectivity index (χ3v) is 4.82. The quantitative estimate of drug-likeness (QED) is 0.374. The summed E-state index contributed by atoms with van der Waals surface area (Å²) in [4.78, 5) is 25.5. The van der Waals surface area contributed by atoms with E-state index < -0.39 is 0 Å². The predicted octanol–water partition coefficient (Wildman–Crippen LogP) is 6.26. The standard InChI is InChI=1S/C28H32N2O4/c1-19(2)17-33-25-11-7-5-9-23(25)29-27(31)21-13-15-22(16-14-21)28(32)30-24-10-6-8-12-26(24)34-18-20(3)4/h5-16,19-20H,17-18H2,1-4H3,(H,29,31)(H,30,32). The molecule has 6 nitrogen and oxygen atoms in total. The first-order valence-electron chi connectivity index (χ1n) is 11.5. The van der Waals surface area contributed by atoms with Crippen LogP contribution in [0.25, 0.3) is 0 Å². The van der Waals surface area contributed by atoms with Crippen molar-refractivity contribution in [1.29, 1.82) is 0 Å². The Morgan fingerprint density at radius 3 is 1.32 bits per heavy atom. The summed E-state index contributed by atoms with van der Waals surface area (Å²) in [6, 6.07) is 21.2. The molecule has 0 bridgehead atoms. The van der Waals surface area contributed by atoms with Gasteiger partial charge in [-0.1, -0.05) is 52.0 Å². The highest BCUT2D eigenvalue weighted by atomic mass is 16.5. The minimum atomic E-state index is -0.278. The maximum absolute atomic E-state index is 12.8. The fraction of sp³-hybridized carbons (Fsp3) is 0.286. The van der Waals surface area contributed by atoms with Gasteiger partial charge in [-0.3, -0.25) is 9.59 Å². The largest absolute Gasteiger partial charge is 0.491 e. The molecule has 0 aliphatic carbocycles. The van der Waals surface area contributed by atoms with E-state index in [4.69, 9.17) is 9.47 Å². The Bertz CT molecular complexity index is 1020. The molecule has 0 spiro atoms. The number of anilines is 2. The zero-order chi connectivity index (χ0) is 24.5. The van der Waals surface area contributed by atoms with Crippen molar-refractivity contribution in [3.8, 4) is 11.5 Å². The van der Waals surface area contributed by atoms with E-state index in [1.165, 1.54) is 0 Å². The third-order valence-electron chi connectivity index (χ3n) is 4.82. The second kappa shape index (κ2) is 11.9. The predicted molar refractivity (Wildman–Crippen MR) is 136 cm³/mol. The van der Waals surface area contributed by atoms with Gasteiger partial charge in [-0.25, -0.2) is 0 Å². The maximum atomic E-state index is 12.8. The van der Waals surface area contributed by atoms with E-state index in [1.807, 2.05) is 36.4 Å². The van der Waals surface area contributed by atoms with Crippen molar-refractivity contribution >= 4 is 23.2 Å². The first kappa shape index (κ1) is 24.8. The highest BCUT2D eigenvalue weighted by Gasteiger charge is 2.13. The van der Waals surface area contributed by atoms with Gasteiger partial charge in [0.15, 0.2) is 0 Å². The average Bonchev–Trinajstić information content (AvgIpc) is 2.83. The molecule has 3 rings (SSSR count). The Morgan fingerprint density at radius 2 is 0.971 bits per heavy atom. The molecule has 0 aliphatic rings. The van der Waals surface area contributed by atoms with E-state index >= 15 is 0 Å². The van der Waals surface area contributed by atoms with Gasteiger partial charge in [-0.05, 0) is 60.4 Å².